The number of phosphoric acid groups is 2. The molecule has 2 fully saturated rings. The zero-order chi connectivity index (χ0) is 32.0. The van der Waals surface area contributed by atoms with Gasteiger partial charge in [-0.15, -0.1) is 0 Å². The fraction of sp³-hybridized carbons (Fsp3) is 0.476. The van der Waals surface area contributed by atoms with Crippen LogP contribution in [0.15, 0.2) is 37.2 Å². The Morgan fingerprint density at radius 1 is 0.909 bits per heavy atom. The lowest BCUT2D eigenvalue weighted by molar-refractivity contribution is -0.0565. The van der Waals surface area contributed by atoms with Crippen LogP contribution >= 0.6 is 15.6 Å². The summed E-state index contributed by atoms with van der Waals surface area (Å²) in [5.41, 5.74) is 5.10. The van der Waals surface area contributed by atoms with Gasteiger partial charge in [-0.25, -0.2) is 19.1 Å². The van der Waals surface area contributed by atoms with Crippen molar-refractivity contribution < 1.29 is 67.0 Å². The zero-order valence-corrected chi connectivity index (χ0v) is 23.9. The summed E-state index contributed by atoms with van der Waals surface area (Å²) >= 11 is 0. The van der Waals surface area contributed by atoms with E-state index < -0.39 is 83.8 Å². The number of ether oxygens (including phenoxy) is 2. The smallest absolute Gasteiger partial charge is 0.387 e. The van der Waals surface area contributed by atoms with Gasteiger partial charge in [0.2, 0.25) is 5.91 Å². The Hall–Kier alpha value is -3.01. The van der Waals surface area contributed by atoms with Gasteiger partial charge < -0.3 is 45.4 Å². The lowest BCUT2D eigenvalue weighted by Gasteiger charge is -2.21. The van der Waals surface area contributed by atoms with Crippen LogP contribution in [0.25, 0.3) is 11.2 Å². The average molecular weight is 663 g/mol. The molecule has 0 spiro atoms. The number of carbonyl (C=O) groups is 1. The van der Waals surface area contributed by atoms with Gasteiger partial charge in [-0.1, -0.05) is 0 Å². The lowest BCUT2D eigenvalue weighted by Crippen LogP contribution is -2.36. The Morgan fingerprint density at radius 3 is 1.95 bits per heavy atom. The number of hydrogen-bond acceptors (Lipinski definition) is 16. The van der Waals surface area contributed by atoms with Gasteiger partial charge in [0.1, 0.15) is 43.0 Å². The van der Waals surface area contributed by atoms with E-state index >= 15 is 0 Å². The molecular weight excluding hydrogens is 636 g/mol. The van der Waals surface area contributed by atoms with Crippen LogP contribution in [-0.4, -0.2) is 110 Å². The van der Waals surface area contributed by atoms with Crippen LogP contribution < -0.4 is 11.2 Å². The molecule has 0 aliphatic carbocycles. The molecule has 240 valence electrons. The number of fused-ring (bicyclic) bond motifs is 7. The van der Waals surface area contributed by atoms with Gasteiger partial charge in [0.05, 0.1) is 25.1 Å². The van der Waals surface area contributed by atoms with Crippen molar-refractivity contribution in [2.45, 2.75) is 49.1 Å². The van der Waals surface area contributed by atoms with Crippen molar-refractivity contribution in [3.8, 4) is 0 Å². The van der Waals surface area contributed by atoms with E-state index in [1.165, 1.54) is 17.1 Å². The Balaban J connectivity index is 0.000000367. The highest BCUT2D eigenvalue weighted by Gasteiger charge is 2.48. The molecule has 8 bridgehead atoms. The van der Waals surface area contributed by atoms with E-state index in [-0.39, 0.29) is 16.7 Å². The number of amides is 1. The van der Waals surface area contributed by atoms with E-state index in [1.807, 2.05) is 0 Å². The molecule has 44 heavy (non-hydrogen) atoms. The second kappa shape index (κ2) is 12.4. The third-order valence-electron chi connectivity index (χ3n) is 6.73. The Morgan fingerprint density at radius 2 is 1.45 bits per heavy atom. The SMILES string of the molecule is N=c1c2ncn3c2ncn1[C@@H]1O[C@H](COP(=O)(O)OP(=O)(O)OC[C@H]2O[C@@H]3[C@H](O)[C@@H]2O)[C@@H](O)[C@H]1O.NC(=O)c1cccnc1. The summed E-state index contributed by atoms with van der Waals surface area (Å²) in [4.78, 5) is 42.0. The first-order valence-electron chi connectivity index (χ1n) is 12.6. The maximum absolute atomic E-state index is 12.2. The minimum absolute atomic E-state index is 0.0169. The summed E-state index contributed by atoms with van der Waals surface area (Å²) in [6, 6.07) is 3.29. The lowest BCUT2D eigenvalue weighted by atomic mass is 10.1. The zero-order valence-electron chi connectivity index (χ0n) is 22.2. The Kier molecular flexibility index (Phi) is 9.13. The minimum atomic E-state index is -5.26. The third-order valence-corrected chi connectivity index (χ3v) is 9.34. The van der Waals surface area contributed by atoms with Gasteiger partial charge in [0.15, 0.2) is 29.1 Å². The summed E-state index contributed by atoms with van der Waals surface area (Å²) < 4.78 is 51.1. The summed E-state index contributed by atoms with van der Waals surface area (Å²) in [7, 11) is -10.5. The molecule has 9 N–H and O–H groups in total. The quantitative estimate of drug-likeness (QED) is 0.124. The fourth-order valence-electron chi connectivity index (χ4n) is 4.54. The monoisotopic (exact) mass is 663 g/mol. The molecule has 0 aromatic carbocycles. The number of nitrogens with two attached hydrogens (primary N) is 1. The molecule has 7 heterocycles. The van der Waals surface area contributed by atoms with E-state index in [2.05, 4.69) is 28.3 Å². The number of rotatable bonds is 1. The van der Waals surface area contributed by atoms with Crippen LogP contribution in [0.2, 0.25) is 0 Å². The van der Waals surface area contributed by atoms with Crippen LogP contribution in [0.4, 0.5) is 0 Å². The molecule has 0 saturated carbocycles. The van der Waals surface area contributed by atoms with Crippen LogP contribution in [0.1, 0.15) is 22.8 Å². The first-order valence-corrected chi connectivity index (χ1v) is 15.6. The van der Waals surface area contributed by atoms with Crippen molar-refractivity contribution in [1.29, 1.82) is 5.41 Å². The molecule has 3 aromatic rings. The molecule has 4 aliphatic heterocycles. The van der Waals surface area contributed by atoms with E-state index in [0.717, 1.165) is 10.9 Å². The number of pyridine rings is 1. The minimum Gasteiger partial charge on any atom is -0.387 e. The number of aliphatic hydroxyl groups is 4. The molecule has 3 aromatic heterocycles. The van der Waals surface area contributed by atoms with E-state index in [4.69, 9.17) is 20.6 Å². The van der Waals surface area contributed by atoms with Gasteiger partial charge >= 0.3 is 15.6 Å². The van der Waals surface area contributed by atoms with Gasteiger partial charge in [-0.3, -0.25) is 33.4 Å². The van der Waals surface area contributed by atoms with Gasteiger partial charge in [-0.2, -0.15) is 4.31 Å². The van der Waals surface area contributed by atoms with Crippen LogP contribution in [0.5, 0.6) is 0 Å². The predicted octanol–water partition coefficient (Wildman–Crippen LogP) is -2.60. The molecule has 2 saturated heterocycles. The van der Waals surface area contributed by atoms with E-state index in [0.29, 0.717) is 5.56 Å². The second-order valence-corrected chi connectivity index (χ2v) is 12.7. The number of primary amides is 1. The number of phosphoric ester groups is 2. The largest absolute Gasteiger partial charge is 0.481 e. The average Bonchev–Trinajstić information content (AvgIpc) is 3.61. The maximum Gasteiger partial charge on any atom is 0.481 e. The Bertz CT molecular complexity index is 1670. The van der Waals surface area contributed by atoms with Crippen LogP contribution in [0.3, 0.4) is 0 Å². The molecule has 0 radical (unpaired) electrons. The number of imidazole rings is 1. The molecule has 10 atom stereocenters. The van der Waals surface area contributed by atoms with Crippen molar-refractivity contribution in [3.63, 3.8) is 0 Å². The first-order chi connectivity index (χ1) is 20.7. The normalized spacial score (nSPS) is 37.3. The fourth-order valence-corrected chi connectivity index (χ4v) is 6.63. The number of aromatic nitrogens is 5. The second-order valence-electron chi connectivity index (χ2n) is 9.63. The summed E-state index contributed by atoms with van der Waals surface area (Å²) in [5, 5.41) is 50.0. The topological polar surface area (TPSA) is 317 Å². The van der Waals surface area contributed by atoms with E-state index in [9.17, 15) is 44.1 Å². The van der Waals surface area contributed by atoms with Crippen molar-refractivity contribution in [3.05, 3.63) is 48.2 Å². The van der Waals surface area contributed by atoms with Crippen LogP contribution in [-0.2, 0) is 32.0 Å². The van der Waals surface area contributed by atoms with Crippen molar-refractivity contribution in [2.75, 3.05) is 13.2 Å². The van der Waals surface area contributed by atoms with Crippen molar-refractivity contribution >= 4 is 32.7 Å². The molecule has 1 amide bonds. The number of hydrogen-bond donors (Lipinski definition) is 8. The van der Waals surface area contributed by atoms with Gasteiger partial charge in [-0.05, 0) is 12.1 Å². The summed E-state index contributed by atoms with van der Waals surface area (Å²) in [6.45, 7) is -1.70. The number of carbonyl (C=O) groups excluding carboxylic acids is 1. The molecule has 7 rings (SSSR count). The van der Waals surface area contributed by atoms with Gasteiger partial charge in [0.25, 0.3) is 0 Å². The van der Waals surface area contributed by atoms with Crippen molar-refractivity contribution in [1.82, 2.24) is 24.1 Å². The molecule has 21 nitrogen and oxygen atoms in total. The highest BCUT2D eigenvalue weighted by Crippen LogP contribution is 2.60. The van der Waals surface area contributed by atoms with Crippen molar-refractivity contribution in [2.24, 2.45) is 5.73 Å². The van der Waals surface area contributed by atoms with Gasteiger partial charge in [0, 0.05) is 12.4 Å². The standard InChI is InChI=1S/C15H21N5O13P2.C6H6N2O/c16-12-7-13-18-4-19(12)14-10(23)8(21)5(31-14)1-29-34(25,26)33-35(27,28)30-2-6-9(22)11(24)15(32-6)20(13)3-17-7;7-6(9)5-2-1-3-8-4-5/h3-6,8-11,14-16,21-24H,1-2H2,(H,25,26)(H,27,28);1-4H,(H2,7,9)/t5-,6-,8-,9-,10-,11-,14-,15-;/m1./s1. The maximum atomic E-state index is 12.2. The summed E-state index contributed by atoms with van der Waals surface area (Å²) in [6.07, 6.45) is -6.69. The van der Waals surface area contributed by atoms with Crippen LogP contribution in [0, 0.1) is 5.41 Å². The number of nitrogens with zero attached hydrogens (tertiary/aromatic N) is 5. The number of nitrogens with one attached hydrogen (secondary N) is 1. The molecule has 2 unspecified atom stereocenters. The molecular formula is C21H27N7O14P2. The Labute approximate surface area is 245 Å². The molecule has 4 aliphatic rings. The number of aliphatic hydroxyl groups excluding tert-OH is 4. The highest BCUT2D eigenvalue weighted by atomic mass is 31.3. The first kappa shape index (κ1) is 32.4. The molecule has 23 heteroatoms. The predicted molar refractivity (Wildman–Crippen MR) is 139 cm³/mol. The highest BCUT2D eigenvalue weighted by molar-refractivity contribution is 7.61. The third kappa shape index (κ3) is 6.51. The summed E-state index contributed by atoms with van der Waals surface area (Å²) in [5.74, 6) is -0.442. The van der Waals surface area contributed by atoms with E-state index in [1.54, 1.807) is 18.3 Å².